The Morgan fingerprint density at radius 2 is 1.84 bits per heavy atom. The minimum absolute atomic E-state index is 0.132. The monoisotopic (exact) mass is 447 g/mol. The van der Waals surface area contributed by atoms with Gasteiger partial charge in [-0.15, -0.1) is 0 Å². The van der Waals surface area contributed by atoms with Crippen molar-refractivity contribution in [1.82, 2.24) is 9.21 Å². The number of rotatable bonds is 8. The zero-order valence-electron chi connectivity index (χ0n) is 19.2. The van der Waals surface area contributed by atoms with Crippen LogP contribution in [0.5, 0.6) is 0 Å². The average molecular weight is 448 g/mol. The summed E-state index contributed by atoms with van der Waals surface area (Å²) in [4.78, 5) is 17.9. The van der Waals surface area contributed by atoms with E-state index in [-0.39, 0.29) is 5.91 Å². The van der Waals surface area contributed by atoms with E-state index in [1.165, 1.54) is 12.8 Å². The Hall–Kier alpha value is -1.44. The number of anilines is 1. The van der Waals surface area contributed by atoms with Crippen LogP contribution in [-0.2, 0) is 21.2 Å². The van der Waals surface area contributed by atoms with Crippen molar-refractivity contribution in [3.8, 4) is 0 Å². The van der Waals surface area contributed by atoms with Crippen LogP contribution < -0.4 is 4.90 Å². The van der Waals surface area contributed by atoms with Gasteiger partial charge in [0.2, 0.25) is 15.9 Å². The van der Waals surface area contributed by atoms with Crippen LogP contribution in [-0.4, -0.2) is 61.8 Å². The molecule has 0 radical (unpaired) electrons. The highest BCUT2D eigenvalue weighted by molar-refractivity contribution is 7.89. The summed E-state index contributed by atoms with van der Waals surface area (Å²) in [7, 11) is -3.45. The highest BCUT2D eigenvalue weighted by Crippen LogP contribution is 2.34. The molecule has 172 valence electrons. The molecule has 1 saturated carbocycles. The van der Waals surface area contributed by atoms with E-state index >= 15 is 0 Å². The van der Waals surface area contributed by atoms with Crippen LogP contribution in [0, 0.1) is 5.92 Å². The van der Waals surface area contributed by atoms with Crippen LogP contribution in [0.25, 0.3) is 0 Å². The smallest absolute Gasteiger partial charge is 0.243 e. The molecule has 6 nitrogen and oxygen atoms in total. The highest BCUT2D eigenvalue weighted by Gasteiger charge is 2.37. The molecule has 7 heteroatoms. The molecule has 0 N–H and O–H groups in total. The maximum absolute atomic E-state index is 13.3. The van der Waals surface area contributed by atoms with Gasteiger partial charge in [-0.2, -0.15) is 4.31 Å². The molecule has 0 aromatic heterocycles. The van der Waals surface area contributed by atoms with Gasteiger partial charge >= 0.3 is 0 Å². The summed E-state index contributed by atoms with van der Waals surface area (Å²) < 4.78 is 27.7. The van der Waals surface area contributed by atoms with Gasteiger partial charge in [0.15, 0.2) is 0 Å². The SMILES string of the molecule is CCC(C)C(C)N(CC(=O)N1CCc2cc(S(=O)(=O)N3CCCCC3)ccc21)C1CC1. The number of nitrogens with zero attached hydrogens (tertiary/aromatic N) is 3. The van der Waals surface area contributed by atoms with Crippen LogP contribution in [0.15, 0.2) is 23.1 Å². The molecule has 31 heavy (non-hydrogen) atoms. The summed E-state index contributed by atoms with van der Waals surface area (Å²) in [5, 5.41) is 0. The summed E-state index contributed by atoms with van der Waals surface area (Å²) in [5.41, 5.74) is 1.86. The summed E-state index contributed by atoms with van der Waals surface area (Å²) in [6.07, 6.45) is 7.15. The maximum atomic E-state index is 13.3. The second-order valence-corrected chi connectivity index (χ2v) is 11.5. The first-order chi connectivity index (χ1) is 14.8. The summed E-state index contributed by atoms with van der Waals surface area (Å²) in [5.74, 6) is 0.689. The van der Waals surface area contributed by atoms with Crippen molar-refractivity contribution < 1.29 is 13.2 Å². The molecule has 0 bridgehead atoms. The minimum Gasteiger partial charge on any atom is -0.311 e. The molecule has 2 fully saturated rings. The van der Waals surface area contributed by atoms with Crippen LogP contribution in [0.3, 0.4) is 0 Å². The number of amides is 1. The lowest BCUT2D eigenvalue weighted by molar-refractivity contribution is -0.120. The molecule has 1 aromatic carbocycles. The highest BCUT2D eigenvalue weighted by atomic mass is 32.2. The third kappa shape index (κ3) is 4.69. The first kappa shape index (κ1) is 22.7. The van der Waals surface area contributed by atoms with E-state index in [2.05, 4.69) is 25.7 Å². The number of hydrogen-bond acceptors (Lipinski definition) is 4. The van der Waals surface area contributed by atoms with Gasteiger partial charge in [0.25, 0.3) is 0 Å². The molecule has 2 heterocycles. The Balaban J connectivity index is 1.49. The summed E-state index contributed by atoms with van der Waals surface area (Å²) in [6.45, 7) is 9.02. The number of carbonyl (C=O) groups is 1. The van der Waals surface area contributed by atoms with E-state index in [1.54, 1.807) is 16.4 Å². The first-order valence-electron chi connectivity index (χ1n) is 12.0. The lowest BCUT2D eigenvalue weighted by Crippen LogP contribution is -2.46. The van der Waals surface area contributed by atoms with Crippen LogP contribution in [0.2, 0.25) is 0 Å². The number of fused-ring (bicyclic) bond motifs is 1. The van der Waals surface area contributed by atoms with Gasteiger partial charge in [-0.05, 0) is 68.7 Å². The summed E-state index contributed by atoms with van der Waals surface area (Å²) in [6, 6.07) is 6.26. The van der Waals surface area contributed by atoms with Crippen molar-refractivity contribution in [1.29, 1.82) is 0 Å². The molecule has 2 unspecified atom stereocenters. The molecule has 2 atom stereocenters. The molecule has 3 aliphatic rings. The molecule has 1 aromatic rings. The van der Waals surface area contributed by atoms with Crippen molar-refractivity contribution in [3.05, 3.63) is 23.8 Å². The summed E-state index contributed by atoms with van der Waals surface area (Å²) >= 11 is 0. The number of hydrogen-bond donors (Lipinski definition) is 0. The molecule has 4 rings (SSSR count). The number of piperidine rings is 1. The van der Waals surface area contributed by atoms with Gasteiger partial charge in [0.05, 0.1) is 11.4 Å². The maximum Gasteiger partial charge on any atom is 0.243 e. The fraction of sp³-hybridized carbons (Fsp3) is 0.708. The van der Waals surface area contributed by atoms with Gasteiger partial charge in [-0.3, -0.25) is 9.69 Å². The quantitative estimate of drug-likeness (QED) is 0.610. The predicted molar refractivity (Wildman–Crippen MR) is 124 cm³/mol. The van der Waals surface area contributed by atoms with E-state index in [4.69, 9.17) is 0 Å². The van der Waals surface area contributed by atoms with Crippen molar-refractivity contribution in [2.24, 2.45) is 5.92 Å². The second kappa shape index (κ2) is 9.20. The van der Waals surface area contributed by atoms with Crippen molar-refractivity contribution in [2.75, 3.05) is 31.1 Å². The van der Waals surface area contributed by atoms with Crippen molar-refractivity contribution in [3.63, 3.8) is 0 Å². The van der Waals surface area contributed by atoms with Crippen LogP contribution in [0.4, 0.5) is 5.69 Å². The topological polar surface area (TPSA) is 60.9 Å². The number of sulfonamides is 1. The third-order valence-corrected chi connectivity index (χ3v) is 9.42. The second-order valence-electron chi connectivity index (χ2n) is 9.58. The molecule has 0 spiro atoms. The largest absolute Gasteiger partial charge is 0.311 e. The third-order valence-electron chi connectivity index (χ3n) is 7.52. The van der Waals surface area contributed by atoms with Crippen molar-refractivity contribution in [2.45, 2.75) is 82.7 Å². The molecule has 1 amide bonds. The van der Waals surface area contributed by atoms with E-state index in [0.717, 1.165) is 43.4 Å². The van der Waals surface area contributed by atoms with Crippen molar-refractivity contribution >= 4 is 21.6 Å². The minimum atomic E-state index is -3.45. The standard InChI is InChI=1S/C24H37N3O3S/c1-4-18(2)19(3)27(21-8-9-21)17-24(28)26-15-12-20-16-22(10-11-23(20)26)31(29,30)25-13-6-5-7-14-25/h10-11,16,18-19,21H,4-9,12-15,17H2,1-3H3. The van der Waals surface area contributed by atoms with Gasteiger partial charge in [0.1, 0.15) is 0 Å². The number of carbonyl (C=O) groups excluding carboxylic acids is 1. The Kier molecular flexibility index (Phi) is 6.75. The van der Waals surface area contributed by atoms with E-state index in [9.17, 15) is 13.2 Å². The number of benzene rings is 1. The zero-order chi connectivity index (χ0) is 22.2. The van der Waals surface area contributed by atoms with E-state index in [1.807, 2.05) is 11.0 Å². The molecular formula is C24H37N3O3S. The lowest BCUT2D eigenvalue weighted by Gasteiger charge is -2.33. The Morgan fingerprint density at radius 3 is 2.48 bits per heavy atom. The average Bonchev–Trinajstić information content (AvgIpc) is 3.54. The zero-order valence-corrected chi connectivity index (χ0v) is 20.0. The van der Waals surface area contributed by atoms with E-state index in [0.29, 0.717) is 49.1 Å². The van der Waals surface area contributed by atoms with E-state index < -0.39 is 10.0 Å². The Labute approximate surface area is 187 Å². The fourth-order valence-corrected chi connectivity index (χ4v) is 6.54. The predicted octanol–water partition coefficient (Wildman–Crippen LogP) is 3.65. The first-order valence-corrected chi connectivity index (χ1v) is 13.5. The Morgan fingerprint density at radius 1 is 1.13 bits per heavy atom. The molecule has 1 saturated heterocycles. The molecule has 2 aliphatic heterocycles. The fourth-order valence-electron chi connectivity index (χ4n) is 4.97. The van der Waals surface area contributed by atoms with Crippen LogP contribution >= 0.6 is 0 Å². The van der Waals surface area contributed by atoms with Gasteiger partial charge in [-0.25, -0.2) is 8.42 Å². The van der Waals surface area contributed by atoms with Crippen LogP contribution in [0.1, 0.15) is 64.9 Å². The lowest BCUT2D eigenvalue weighted by atomic mass is 9.99. The Bertz CT molecular complexity index is 907. The normalized spacial score (nSPS) is 21.9. The van der Waals surface area contributed by atoms with Gasteiger partial charge < -0.3 is 4.90 Å². The van der Waals surface area contributed by atoms with Gasteiger partial charge in [-0.1, -0.05) is 26.7 Å². The molecule has 1 aliphatic carbocycles. The molecular weight excluding hydrogens is 410 g/mol. The van der Waals surface area contributed by atoms with Gasteiger partial charge in [0, 0.05) is 37.4 Å².